The van der Waals surface area contributed by atoms with Crippen molar-refractivity contribution in [2.75, 3.05) is 0 Å². The molecule has 1 N–H and O–H groups in total. The molecule has 2 saturated carbocycles. The number of hydrogen-bond acceptors (Lipinski definition) is 5. The van der Waals surface area contributed by atoms with Crippen LogP contribution in [0, 0.1) is 11.3 Å². The Morgan fingerprint density at radius 3 is 2.64 bits per heavy atom. The summed E-state index contributed by atoms with van der Waals surface area (Å²) in [6, 6.07) is 2.36. The van der Waals surface area contributed by atoms with Crippen LogP contribution in [0.25, 0.3) is 0 Å². The maximum absolute atomic E-state index is 12.8. The van der Waals surface area contributed by atoms with Crippen LogP contribution in [0.1, 0.15) is 82.9 Å². The Morgan fingerprint density at radius 1 is 1.32 bits per heavy atom. The smallest absolute Gasteiger partial charge is 0.234 e. The average Bonchev–Trinajstić information content (AvgIpc) is 3.12. The van der Waals surface area contributed by atoms with Gasteiger partial charge in [-0.05, 0) is 32.6 Å². The fourth-order valence-corrected chi connectivity index (χ4v) is 5.19. The van der Waals surface area contributed by atoms with E-state index >= 15 is 0 Å². The van der Waals surface area contributed by atoms with Crippen LogP contribution in [0.15, 0.2) is 17.8 Å². The molecule has 6 nitrogen and oxygen atoms in total. The molecule has 1 aromatic heterocycles. The van der Waals surface area contributed by atoms with Crippen LogP contribution in [0.4, 0.5) is 0 Å². The fraction of sp³-hybridized carbons (Fsp3) is 0.714. The molecule has 2 aliphatic rings. The van der Waals surface area contributed by atoms with Crippen LogP contribution in [-0.2, 0) is 11.3 Å². The van der Waals surface area contributed by atoms with Gasteiger partial charge in [0, 0.05) is 12.5 Å². The van der Waals surface area contributed by atoms with Gasteiger partial charge in [-0.3, -0.25) is 4.79 Å². The topological polar surface area (TPSA) is 83.6 Å². The number of nitrogens with one attached hydrogen (secondary N) is 1. The molecule has 0 spiro atoms. The summed E-state index contributed by atoms with van der Waals surface area (Å²) in [5.41, 5.74) is -0.702. The summed E-state index contributed by atoms with van der Waals surface area (Å²) in [6.07, 6.45) is 12.5. The first kappa shape index (κ1) is 20.9. The number of rotatable bonds is 7. The molecule has 0 radical (unpaired) electrons. The number of allylic oxidation sites excluding steroid dienone is 1. The highest BCUT2D eigenvalue weighted by atomic mass is 32.2. The van der Waals surface area contributed by atoms with Crippen LogP contribution < -0.4 is 5.32 Å². The molecule has 1 atom stereocenters. The number of carbonyl (C=O) groups excluding carboxylic acids is 1. The molecule has 1 heterocycles. The van der Waals surface area contributed by atoms with Crippen molar-refractivity contribution in [3.8, 4) is 6.07 Å². The summed E-state index contributed by atoms with van der Waals surface area (Å²) >= 11 is 1.42. The lowest BCUT2D eigenvalue weighted by atomic mass is 9.83. The molecule has 2 aliphatic carbocycles. The van der Waals surface area contributed by atoms with Crippen molar-refractivity contribution in [2.45, 2.75) is 99.5 Å². The van der Waals surface area contributed by atoms with E-state index in [1.54, 1.807) is 0 Å². The van der Waals surface area contributed by atoms with Crippen LogP contribution >= 0.6 is 11.8 Å². The lowest BCUT2D eigenvalue weighted by molar-refractivity contribution is -0.121. The van der Waals surface area contributed by atoms with E-state index < -0.39 is 5.54 Å². The van der Waals surface area contributed by atoms with Crippen molar-refractivity contribution in [1.29, 1.82) is 5.26 Å². The second-order valence-electron chi connectivity index (χ2n) is 8.08. The second kappa shape index (κ2) is 9.60. The molecule has 7 heteroatoms. The minimum Gasteiger partial charge on any atom is -0.337 e. The molecule has 1 unspecified atom stereocenters. The van der Waals surface area contributed by atoms with Crippen molar-refractivity contribution in [3.05, 3.63) is 18.5 Å². The minimum atomic E-state index is -0.702. The van der Waals surface area contributed by atoms with Crippen LogP contribution in [-0.4, -0.2) is 31.5 Å². The van der Waals surface area contributed by atoms with E-state index in [0.717, 1.165) is 55.9 Å². The monoisotopic (exact) mass is 401 g/mol. The van der Waals surface area contributed by atoms with Gasteiger partial charge >= 0.3 is 0 Å². The van der Waals surface area contributed by atoms with Crippen molar-refractivity contribution >= 4 is 17.7 Å². The molecule has 1 amide bonds. The van der Waals surface area contributed by atoms with Crippen molar-refractivity contribution in [1.82, 2.24) is 20.1 Å². The predicted octanol–water partition coefficient (Wildman–Crippen LogP) is 4.34. The zero-order valence-electron chi connectivity index (χ0n) is 16.8. The van der Waals surface area contributed by atoms with Gasteiger partial charge in [0.05, 0.1) is 11.3 Å². The standard InChI is InChI=1S/C21H31N5OS/c1-3-14-26-18(17-10-6-4-7-11-17)24-25-20(26)28-16(2)19(27)23-21(15-22)12-8-5-9-13-21/h3,16-17H,1,4-14H2,2H3,(H,23,27). The molecule has 2 fully saturated rings. The van der Waals surface area contributed by atoms with Crippen molar-refractivity contribution in [3.63, 3.8) is 0 Å². The summed E-state index contributed by atoms with van der Waals surface area (Å²) < 4.78 is 2.11. The number of nitriles is 1. The number of nitrogens with zero attached hydrogens (tertiary/aromatic N) is 4. The molecule has 152 valence electrons. The van der Waals surface area contributed by atoms with E-state index in [2.05, 4.69) is 32.7 Å². The highest BCUT2D eigenvalue weighted by molar-refractivity contribution is 8.00. The Bertz CT molecular complexity index is 726. The molecular formula is C21H31N5OS. The second-order valence-corrected chi connectivity index (χ2v) is 9.39. The number of aromatic nitrogens is 3. The Kier molecular flexibility index (Phi) is 7.17. The Labute approximate surface area is 172 Å². The van der Waals surface area contributed by atoms with E-state index in [0.29, 0.717) is 12.5 Å². The first-order valence-electron chi connectivity index (χ1n) is 10.5. The molecule has 0 aromatic carbocycles. The van der Waals surface area contributed by atoms with Crippen LogP contribution in [0.2, 0.25) is 0 Å². The molecule has 0 bridgehead atoms. The van der Waals surface area contributed by atoms with Crippen molar-refractivity contribution < 1.29 is 4.79 Å². The molecule has 28 heavy (non-hydrogen) atoms. The molecular weight excluding hydrogens is 370 g/mol. The quantitative estimate of drug-likeness (QED) is 0.543. The van der Waals surface area contributed by atoms with Gasteiger partial charge in [-0.15, -0.1) is 16.8 Å². The molecule has 0 aliphatic heterocycles. The van der Waals surface area contributed by atoms with E-state index in [4.69, 9.17) is 0 Å². The lowest BCUT2D eigenvalue weighted by Crippen LogP contribution is -2.51. The van der Waals surface area contributed by atoms with Gasteiger partial charge in [0.25, 0.3) is 0 Å². The molecule has 1 aromatic rings. The Morgan fingerprint density at radius 2 is 2.00 bits per heavy atom. The maximum Gasteiger partial charge on any atom is 0.234 e. The number of amides is 1. The number of hydrogen-bond donors (Lipinski definition) is 1. The summed E-state index contributed by atoms with van der Waals surface area (Å²) in [5.74, 6) is 1.38. The maximum atomic E-state index is 12.8. The first-order valence-corrected chi connectivity index (χ1v) is 11.4. The zero-order valence-corrected chi connectivity index (χ0v) is 17.6. The number of thioether (sulfide) groups is 1. The third kappa shape index (κ3) is 4.78. The summed E-state index contributed by atoms with van der Waals surface area (Å²) in [5, 5.41) is 21.9. The highest BCUT2D eigenvalue weighted by Gasteiger charge is 2.35. The minimum absolute atomic E-state index is 0.0965. The van der Waals surface area contributed by atoms with Gasteiger partial charge in [-0.25, -0.2) is 0 Å². The third-order valence-corrected chi connectivity index (χ3v) is 7.04. The van der Waals surface area contributed by atoms with Gasteiger partial charge in [0.15, 0.2) is 5.16 Å². The van der Waals surface area contributed by atoms with Crippen molar-refractivity contribution in [2.24, 2.45) is 0 Å². The number of carbonyl (C=O) groups is 1. The normalized spacial score (nSPS) is 20.9. The van der Waals surface area contributed by atoms with Gasteiger partial charge in [0.2, 0.25) is 5.91 Å². The first-order chi connectivity index (χ1) is 13.6. The SMILES string of the molecule is C=CCn1c(SC(C)C(=O)NC2(C#N)CCCCC2)nnc1C1CCCCC1. The summed E-state index contributed by atoms with van der Waals surface area (Å²) in [4.78, 5) is 12.8. The largest absolute Gasteiger partial charge is 0.337 e. The lowest BCUT2D eigenvalue weighted by Gasteiger charge is -2.32. The van der Waals surface area contributed by atoms with Gasteiger partial charge in [-0.1, -0.05) is 56.4 Å². The van der Waals surface area contributed by atoms with E-state index in [9.17, 15) is 10.1 Å². The van der Waals surface area contributed by atoms with Crippen LogP contribution in [0.5, 0.6) is 0 Å². The van der Waals surface area contributed by atoms with Gasteiger partial charge in [-0.2, -0.15) is 5.26 Å². The highest BCUT2D eigenvalue weighted by Crippen LogP contribution is 2.34. The Hall–Kier alpha value is -1.81. The summed E-state index contributed by atoms with van der Waals surface area (Å²) in [7, 11) is 0. The van der Waals surface area contributed by atoms with E-state index in [-0.39, 0.29) is 11.2 Å². The summed E-state index contributed by atoms with van der Waals surface area (Å²) in [6.45, 7) is 6.40. The van der Waals surface area contributed by atoms with Gasteiger partial charge in [0.1, 0.15) is 11.4 Å². The van der Waals surface area contributed by atoms with E-state index in [1.807, 2.05) is 13.0 Å². The predicted molar refractivity (Wildman–Crippen MR) is 111 cm³/mol. The van der Waals surface area contributed by atoms with E-state index in [1.165, 1.54) is 31.0 Å². The average molecular weight is 402 g/mol. The molecule has 3 rings (SSSR count). The fourth-order valence-electron chi connectivity index (χ4n) is 4.32. The van der Waals surface area contributed by atoms with Crippen LogP contribution in [0.3, 0.4) is 0 Å². The zero-order chi connectivity index (χ0) is 20.0. The molecule has 0 saturated heterocycles. The Balaban J connectivity index is 1.69. The third-order valence-electron chi connectivity index (χ3n) is 5.96. The van der Waals surface area contributed by atoms with Gasteiger partial charge < -0.3 is 9.88 Å².